The summed E-state index contributed by atoms with van der Waals surface area (Å²) >= 11 is 0. The third kappa shape index (κ3) is 3.26. The summed E-state index contributed by atoms with van der Waals surface area (Å²) in [5, 5.41) is 12.8. The van der Waals surface area contributed by atoms with Crippen molar-refractivity contribution in [3.8, 4) is 0 Å². The van der Waals surface area contributed by atoms with E-state index in [9.17, 15) is 9.59 Å². The third-order valence-corrected chi connectivity index (χ3v) is 6.77. The highest BCUT2D eigenvalue weighted by molar-refractivity contribution is 5.90. The minimum Gasteiger partial charge on any atom is -0.349 e. The molecule has 0 spiro atoms. The van der Waals surface area contributed by atoms with Gasteiger partial charge in [0, 0.05) is 11.6 Å². The first-order chi connectivity index (χ1) is 12.4. The van der Waals surface area contributed by atoms with Crippen molar-refractivity contribution in [2.75, 3.05) is 0 Å². The standard InChI is InChI=1S/C20H30N4O2/c1-12(2)17(18(25)21-11-16-3-4-22-24-16)23-19(26)20-8-13-5-14(9-20)7-15(6-13)10-20/h3-4,12-15,17H,5-11H2,1-2H3,(H,21,25)(H,22,24)(H,23,26)/t13?,14?,15?,17-,20?/m1/s1. The van der Waals surface area contributed by atoms with E-state index in [1.54, 1.807) is 6.20 Å². The van der Waals surface area contributed by atoms with Crippen molar-refractivity contribution in [3.05, 3.63) is 18.0 Å². The van der Waals surface area contributed by atoms with Crippen molar-refractivity contribution in [2.45, 2.75) is 65.0 Å². The van der Waals surface area contributed by atoms with E-state index in [-0.39, 0.29) is 23.1 Å². The topological polar surface area (TPSA) is 86.9 Å². The third-order valence-electron chi connectivity index (χ3n) is 6.77. The van der Waals surface area contributed by atoms with E-state index < -0.39 is 6.04 Å². The van der Waals surface area contributed by atoms with Crippen molar-refractivity contribution in [3.63, 3.8) is 0 Å². The van der Waals surface area contributed by atoms with Gasteiger partial charge >= 0.3 is 0 Å². The molecule has 4 fully saturated rings. The summed E-state index contributed by atoms with van der Waals surface area (Å²) < 4.78 is 0. The fourth-order valence-corrected chi connectivity index (χ4v) is 5.89. The van der Waals surface area contributed by atoms with Crippen molar-refractivity contribution in [2.24, 2.45) is 29.1 Å². The summed E-state index contributed by atoms with van der Waals surface area (Å²) in [6, 6.07) is 1.34. The number of nitrogens with zero attached hydrogens (tertiary/aromatic N) is 1. The average Bonchev–Trinajstić information content (AvgIpc) is 3.09. The number of nitrogens with one attached hydrogen (secondary N) is 3. The molecule has 4 aliphatic carbocycles. The molecule has 4 saturated carbocycles. The van der Waals surface area contributed by atoms with E-state index in [1.165, 1.54) is 19.3 Å². The molecule has 0 saturated heterocycles. The molecule has 6 nitrogen and oxygen atoms in total. The first kappa shape index (κ1) is 17.6. The molecule has 1 atom stereocenters. The highest BCUT2D eigenvalue weighted by Gasteiger charge is 2.55. The van der Waals surface area contributed by atoms with Crippen LogP contribution in [0.1, 0.15) is 58.1 Å². The Balaban J connectivity index is 1.41. The lowest BCUT2D eigenvalue weighted by Crippen LogP contribution is -2.58. The van der Waals surface area contributed by atoms with Gasteiger partial charge in [-0.1, -0.05) is 13.8 Å². The predicted octanol–water partition coefficient (Wildman–Crippen LogP) is 2.38. The van der Waals surface area contributed by atoms with E-state index in [0.717, 1.165) is 42.7 Å². The van der Waals surface area contributed by atoms with Crippen molar-refractivity contribution in [1.29, 1.82) is 0 Å². The van der Waals surface area contributed by atoms with Gasteiger partial charge in [-0.25, -0.2) is 0 Å². The van der Waals surface area contributed by atoms with Crippen LogP contribution >= 0.6 is 0 Å². The zero-order chi connectivity index (χ0) is 18.3. The van der Waals surface area contributed by atoms with E-state index in [1.807, 2.05) is 19.9 Å². The number of hydrogen-bond acceptors (Lipinski definition) is 3. The molecule has 4 aliphatic rings. The summed E-state index contributed by atoms with van der Waals surface area (Å²) in [4.78, 5) is 25.9. The number of amides is 2. The molecule has 6 heteroatoms. The fraction of sp³-hybridized carbons (Fsp3) is 0.750. The van der Waals surface area contributed by atoms with E-state index in [0.29, 0.717) is 6.54 Å². The van der Waals surface area contributed by atoms with Gasteiger partial charge in [-0.15, -0.1) is 0 Å². The highest BCUT2D eigenvalue weighted by atomic mass is 16.2. The summed E-state index contributed by atoms with van der Waals surface area (Å²) in [5.41, 5.74) is 0.638. The number of H-pyrrole nitrogens is 1. The first-order valence-corrected chi connectivity index (χ1v) is 10.0. The summed E-state index contributed by atoms with van der Waals surface area (Å²) in [7, 11) is 0. The number of aromatic amines is 1. The molecule has 0 unspecified atom stereocenters. The largest absolute Gasteiger partial charge is 0.349 e. The molecule has 1 aromatic rings. The molecule has 2 amide bonds. The summed E-state index contributed by atoms with van der Waals surface area (Å²) in [6.45, 7) is 4.37. The number of hydrogen-bond donors (Lipinski definition) is 3. The second-order valence-corrected chi connectivity index (χ2v) is 9.19. The highest BCUT2D eigenvalue weighted by Crippen LogP contribution is 2.60. The average molecular weight is 358 g/mol. The van der Waals surface area contributed by atoms with Gasteiger partial charge in [0.1, 0.15) is 6.04 Å². The van der Waals surface area contributed by atoms with E-state index >= 15 is 0 Å². The van der Waals surface area contributed by atoms with Crippen LogP contribution in [0.2, 0.25) is 0 Å². The molecule has 26 heavy (non-hydrogen) atoms. The quantitative estimate of drug-likeness (QED) is 0.730. The maximum absolute atomic E-state index is 13.2. The van der Waals surface area contributed by atoms with Crippen LogP contribution in [0.5, 0.6) is 0 Å². The van der Waals surface area contributed by atoms with Crippen LogP contribution in [0.4, 0.5) is 0 Å². The molecule has 1 aromatic heterocycles. The van der Waals surface area contributed by atoms with Gasteiger partial charge in [0.15, 0.2) is 0 Å². The maximum atomic E-state index is 13.2. The van der Waals surface area contributed by atoms with Crippen molar-refractivity contribution < 1.29 is 9.59 Å². The van der Waals surface area contributed by atoms with Crippen LogP contribution in [-0.4, -0.2) is 28.1 Å². The van der Waals surface area contributed by atoms with Gasteiger partial charge in [0.05, 0.1) is 12.2 Å². The summed E-state index contributed by atoms with van der Waals surface area (Å²) in [5.74, 6) is 2.21. The number of carbonyl (C=O) groups is 2. The predicted molar refractivity (Wildman–Crippen MR) is 97.8 cm³/mol. The zero-order valence-corrected chi connectivity index (χ0v) is 15.8. The normalized spacial score (nSPS) is 33.3. The van der Waals surface area contributed by atoms with E-state index in [2.05, 4.69) is 20.8 Å². The molecular weight excluding hydrogens is 328 g/mol. The Morgan fingerprint density at radius 2 is 1.81 bits per heavy atom. The molecule has 4 bridgehead atoms. The summed E-state index contributed by atoms with van der Waals surface area (Å²) in [6.07, 6.45) is 8.65. The van der Waals surface area contributed by atoms with Crippen LogP contribution in [-0.2, 0) is 16.1 Å². The van der Waals surface area contributed by atoms with Crippen LogP contribution in [0.25, 0.3) is 0 Å². The second-order valence-electron chi connectivity index (χ2n) is 9.19. The van der Waals surface area contributed by atoms with Crippen LogP contribution < -0.4 is 10.6 Å². The van der Waals surface area contributed by atoms with Gasteiger partial charge in [-0.3, -0.25) is 14.7 Å². The van der Waals surface area contributed by atoms with Gasteiger partial charge in [-0.05, 0) is 68.3 Å². The Morgan fingerprint density at radius 1 is 1.19 bits per heavy atom. The molecule has 0 aromatic carbocycles. The number of carbonyl (C=O) groups excluding carboxylic acids is 2. The van der Waals surface area contributed by atoms with Crippen LogP contribution in [0.15, 0.2) is 12.3 Å². The Hall–Kier alpha value is -1.85. The Kier molecular flexibility index (Phi) is 4.53. The first-order valence-electron chi connectivity index (χ1n) is 10.0. The van der Waals surface area contributed by atoms with E-state index in [4.69, 9.17) is 0 Å². The molecule has 0 aliphatic heterocycles. The monoisotopic (exact) mass is 358 g/mol. The van der Waals surface area contributed by atoms with Gasteiger partial charge in [-0.2, -0.15) is 5.10 Å². The molecular formula is C20H30N4O2. The second kappa shape index (κ2) is 6.71. The minimum atomic E-state index is -0.488. The lowest BCUT2D eigenvalue weighted by Gasteiger charge is -2.55. The fourth-order valence-electron chi connectivity index (χ4n) is 5.89. The number of aromatic nitrogens is 2. The van der Waals surface area contributed by atoms with Crippen molar-refractivity contribution >= 4 is 11.8 Å². The molecule has 5 rings (SSSR count). The van der Waals surface area contributed by atoms with Crippen LogP contribution in [0.3, 0.4) is 0 Å². The molecule has 1 heterocycles. The molecule has 142 valence electrons. The minimum absolute atomic E-state index is 0.0506. The van der Waals surface area contributed by atoms with Crippen molar-refractivity contribution in [1.82, 2.24) is 20.8 Å². The lowest BCUT2D eigenvalue weighted by molar-refractivity contribution is -0.149. The zero-order valence-electron chi connectivity index (χ0n) is 15.8. The number of rotatable bonds is 6. The SMILES string of the molecule is CC(C)[C@@H](NC(=O)C12CC3CC(CC(C3)C1)C2)C(=O)NCc1ccn[nH]1. The Bertz CT molecular complexity index is 632. The van der Waals surface area contributed by atoms with Gasteiger partial charge in [0.2, 0.25) is 11.8 Å². The molecule has 3 N–H and O–H groups in total. The Labute approximate surface area is 154 Å². The maximum Gasteiger partial charge on any atom is 0.243 e. The lowest BCUT2D eigenvalue weighted by atomic mass is 9.49. The van der Waals surface area contributed by atoms with Gasteiger partial charge in [0.25, 0.3) is 0 Å². The van der Waals surface area contributed by atoms with Crippen LogP contribution in [0, 0.1) is 29.1 Å². The Morgan fingerprint density at radius 3 is 2.31 bits per heavy atom. The van der Waals surface area contributed by atoms with Gasteiger partial charge < -0.3 is 10.6 Å². The molecule has 0 radical (unpaired) electrons. The smallest absolute Gasteiger partial charge is 0.243 e.